The molecule has 0 aromatic heterocycles. The van der Waals surface area contributed by atoms with E-state index in [0.29, 0.717) is 24.1 Å². The molecule has 0 saturated carbocycles. The van der Waals surface area contributed by atoms with Crippen molar-refractivity contribution in [3.63, 3.8) is 0 Å². The highest BCUT2D eigenvalue weighted by molar-refractivity contribution is 5.80. The van der Waals surface area contributed by atoms with Crippen molar-refractivity contribution in [1.29, 1.82) is 5.26 Å². The van der Waals surface area contributed by atoms with E-state index in [-0.39, 0.29) is 0 Å². The smallest absolute Gasteiger partial charge is 0.191 e. The van der Waals surface area contributed by atoms with E-state index in [1.807, 2.05) is 24.3 Å². The molecule has 0 bridgehead atoms. The van der Waals surface area contributed by atoms with Crippen LogP contribution in [0.3, 0.4) is 0 Å². The zero-order chi connectivity index (χ0) is 15.0. The minimum atomic E-state index is 0.369. The van der Waals surface area contributed by atoms with Gasteiger partial charge in [0.15, 0.2) is 5.96 Å². The van der Waals surface area contributed by atoms with Crippen LogP contribution >= 0.6 is 0 Å². The number of hydrogen-bond donors (Lipinski definition) is 2. The van der Waals surface area contributed by atoms with E-state index >= 15 is 0 Å². The highest BCUT2D eigenvalue weighted by atomic mass is 15.2. The third kappa shape index (κ3) is 5.31. The lowest BCUT2D eigenvalue weighted by atomic mass is 10.1. The third-order valence-electron chi connectivity index (χ3n) is 3.21. The van der Waals surface area contributed by atoms with Crippen molar-refractivity contribution < 1.29 is 0 Å². The Morgan fingerprint density at radius 3 is 2.40 bits per heavy atom. The lowest BCUT2D eigenvalue weighted by molar-refractivity contribution is 0.481. The van der Waals surface area contributed by atoms with Crippen molar-refractivity contribution in [3.05, 3.63) is 35.4 Å². The molecule has 1 rings (SSSR count). The van der Waals surface area contributed by atoms with Crippen molar-refractivity contribution in [2.24, 2.45) is 10.9 Å². The van der Waals surface area contributed by atoms with Gasteiger partial charge in [-0.15, -0.1) is 0 Å². The number of nitrogens with one attached hydrogen (secondary N) is 2. The predicted octanol–water partition coefficient (Wildman–Crippen LogP) is 2.66. The maximum atomic E-state index is 8.77. The minimum Gasteiger partial charge on any atom is -0.357 e. The summed E-state index contributed by atoms with van der Waals surface area (Å²) in [5, 5.41) is 15.4. The Morgan fingerprint density at radius 1 is 1.25 bits per heavy atom. The second-order valence-electron chi connectivity index (χ2n) is 5.18. The van der Waals surface area contributed by atoms with E-state index in [9.17, 15) is 0 Å². The zero-order valence-corrected chi connectivity index (χ0v) is 12.8. The van der Waals surface area contributed by atoms with Crippen LogP contribution in [0.4, 0.5) is 0 Å². The number of nitriles is 1. The predicted molar refractivity (Wildman–Crippen MR) is 83.4 cm³/mol. The minimum absolute atomic E-state index is 0.369. The Kier molecular flexibility index (Phi) is 6.58. The van der Waals surface area contributed by atoms with Crippen LogP contribution in [-0.4, -0.2) is 18.5 Å². The van der Waals surface area contributed by atoms with E-state index in [4.69, 9.17) is 5.26 Å². The molecule has 0 saturated heterocycles. The number of nitrogens with zero attached hydrogens (tertiary/aromatic N) is 2. The van der Waals surface area contributed by atoms with Crippen LogP contribution in [0.25, 0.3) is 0 Å². The topological polar surface area (TPSA) is 60.2 Å². The first-order valence-electron chi connectivity index (χ1n) is 7.10. The average molecular weight is 272 g/mol. The molecule has 0 radical (unpaired) electrons. The van der Waals surface area contributed by atoms with E-state index in [0.717, 1.165) is 18.1 Å². The molecule has 108 valence electrons. The summed E-state index contributed by atoms with van der Waals surface area (Å²) in [6.07, 6.45) is 0. The maximum absolute atomic E-state index is 8.77. The fourth-order valence-corrected chi connectivity index (χ4v) is 1.56. The third-order valence-corrected chi connectivity index (χ3v) is 3.21. The highest BCUT2D eigenvalue weighted by Crippen LogP contribution is 2.05. The number of hydrogen-bond acceptors (Lipinski definition) is 2. The van der Waals surface area contributed by atoms with Crippen LogP contribution in [0.15, 0.2) is 29.3 Å². The molecule has 0 heterocycles. The van der Waals surface area contributed by atoms with Crippen molar-refractivity contribution >= 4 is 5.96 Å². The molecule has 0 aliphatic rings. The fourth-order valence-electron chi connectivity index (χ4n) is 1.56. The van der Waals surface area contributed by atoms with Gasteiger partial charge in [-0.2, -0.15) is 5.26 Å². The van der Waals surface area contributed by atoms with Crippen LogP contribution in [-0.2, 0) is 6.54 Å². The van der Waals surface area contributed by atoms with Gasteiger partial charge >= 0.3 is 0 Å². The largest absolute Gasteiger partial charge is 0.357 e. The van der Waals surface area contributed by atoms with Gasteiger partial charge in [0.2, 0.25) is 0 Å². The van der Waals surface area contributed by atoms with E-state index < -0.39 is 0 Å². The van der Waals surface area contributed by atoms with Gasteiger partial charge < -0.3 is 10.6 Å². The molecule has 0 spiro atoms. The lowest BCUT2D eigenvalue weighted by Gasteiger charge is -2.20. The molecule has 0 aliphatic heterocycles. The van der Waals surface area contributed by atoms with Gasteiger partial charge in [-0.05, 0) is 37.5 Å². The Labute approximate surface area is 121 Å². The van der Waals surface area contributed by atoms with Gasteiger partial charge in [0.25, 0.3) is 0 Å². The first-order valence-corrected chi connectivity index (χ1v) is 7.10. The van der Waals surface area contributed by atoms with Gasteiger partial charge in [-0.3, -0.25) is 0 Å². The van der Waals surface area contributed by atoms with Crippen LogP contribution in [0.2, 0.25) is 0 Å². The normalized spacial score (nSPS) is 12.9. The van der Waals surface area contributed by atoms with Crippen LogP contribution in [0.1, 0.15) is 38.8 Å². The van der Waals surface area contributed by atoms with Crippen LogP contribution < -0.4 is 10.6 Å². The molecule has 2 N–H and O–H groups in total. The summed E-state index contributed by atoms with van der Waals surface area (Å²) < 4.78 is 0. The monoisotopic (exact) mass is 272 g/mol. The van der Waals surface area contributed by atoms with Gasteiger partial charge in [0, 0.05) is 12.6 Å². The van der Waals surface area contributed by atoms with E-state index in [2.05, 4.69) is 49.4 Å². The first kappa shape index (κ1) is 16.0. The zero-order valence-electron chi connectivity index (χ0n) is 12.8. The molecule has 0 amide bonds. The van der Waals surface area contributed by atoms with Crippen molar-refractivity contribution in [2.45, 2.75) is 40.3 Å². The molecule has 1 unspecified atom stereocenters. The molecule has 0 fully saturated rings. The molecule has 4 nitrogen and oxygen atoms in total. The Bertz CT molecular complexity index is 468. The summed E-state index contributed by atoms with van der Waals surface area (Å²) in [7, 11) is 0. The molecule has 1 atom stereocenters. The van der Waals surface area contributed by atoms with Crippen LogP contribution in [0, 0.1) is 17.2 Å². The molecule has 20 heavy (non-hydrogen) atoms. The van der Waals surface area contributed by atoms with Gasteiger partial charge in [0.05, 0.1) is 18.2 Å². The fraction of sp³-hybridized carbons (Fsp3) is 0.500. The maximum Gasteiger partial charge on any atom is 0.191 e. The standard InChI is InChI=1S/C16H24N4/c1-5-18-16(20-13(4)12(2)3)19-11-15-8-6-14(10-17)7-9-15/h6-9,12-13H,5,11H2,1-4H3,(H2,18,19,20). The SMILES string of the molecule is CCNC(=NCc1ccc(C#N)cc1)NC(C)C(C)C. The quantitative estimate of drug-likeness (QED) is 0.640. The summed E-state index contributed by atoms with van der Waals surface area (Å²) in [4.78, 5) is 4.57. The lowest BCUT2D eigenvalue weighted by Crippen LogP contribution is -2.44. The number of rotatable bonds is 5. The summed E-state index contributed by atoms with van der Waals surface area (Å²) in [6, 6.07) is 10.0. The molecule has 1 aromatic carbocycles. The van der Waals surface area contributed by atoms with Crippen molar-refractivity contribution in [1.82, 2.24) is 10.6 Å². The number of aliphatic imine (C=N–C) groups is 1. The average Bonchev–Trinajstić information content (AvgIpc) is 2.45. The van der Waals surface area contributed by atoms with Gasteiger partial charge in [-0.25, -0.2) is 4.99 Å². The Balaban J connectivity index is 2.68. The summed E-state index contributed by atoms with van der Waals surface area (Å²) >= 11 is 0. The second kappa shape index (κ2) is 8.21. The summed E-state index contributed by atoms with van der Waals surface area (Å²) in [6.45, 7) is 10.0. The van der Waals surface area contributed by atoms with Gasteiger partial charge in [0.1, 0.15) is 0 Å². The van der Waals surface area contributed by atoms with E-state index in [1.54, 1.807) is 0 Å². The molecular formula is C16H24N4. The van der Waals surface area contributed by atoms with E-state index in [1.165, 1.54) is 0 Å². The first-order chi connectivity index (χ1) is 9.56. The highest BCUT2D eigenvalue weighted by Gasteiger charge is 2.08. The van der Waals surface area contributed by atoms with Crippen molar-refractivity contribution in [3.8, 4) is 6.07 Å². The molecule has 1 aromatic rings. The Morgan fingerprint density at radius 2 is 1.90 bits per heavy atom. The number of guanidine groups is 1. The molecule has 0 aliphatic carbocycles. The number of benzene rings is 1. The Hall–Kier alpha value is -2.02. The molecule has 4 heteroatoms. The van der Waals surface area contributed by atoms with Gasteiger partial charge in [-0.1, -0.05) is 26.0 Å². The summed E-state index contributed by atoms with van der Waals surface area (Å²) in [5.41, 5.74) is 1.77. The second-order valence-corrected chi connectivity index (χ2v) is 5.18. The summed E-state index contributed by atoms with van der Waals surface area (Å²) in [5.74, 6) is 1.38. The van der Waals surface area contributed by atoms with Crippen molar-refractivity contribution in [2.75, 3.05) is 6.54 Å². The molecular weight excluding hydrogens is 248 g/mol. The van der Waals surface area contributed by atoms with Crippen LogP contribution in [0.5, 0.6) is 0 Å².